The van der Waals surface area contributed by atoms with Crippen molar-refractivity contribution in [1.29, 1.82) is 0 Å². The highest BCUT2D eigenvalue weighted by molar-refractivity contribution is 5.85. The van der Waals surface area contributed by atoms with Crippen LogP contribution in [0.25, 0.3) is 0 Å². The molecule has 1 aliphatic carbocycles. The summed E-state index contributed by atoms with van der Waals surface area (Å²) in [5.41, 5.74) is -1.39. The highest BCUT2D eigenvalue weighted by atomic mass is 19.3. The van der Waals surface area contributed by atoms with Crippen LogP contribution in [0, 0.1) is 11.3 Å². The second-order valence-electron chi connectivity index (χ2n) is 5.27. The van der Waals surface area contributed by atoms with Gasteiger partial charge in [-0.25, -0.2) is 13.8 Å². The zero-order valence-corrected chi connectivity index (χ0v) is 9.16. The van der Waals surface area contributed by atoms with Crippen molar-refractivity contribution in [2.45, 2.75) is 32.1 Å². The molecule has 0 unspecified atom stereocenters. The number of hydrogen-bond donors (Lipinski definition) is 0. The molecule has 1 saturated carbocycles. The summed E-state index contributed by atoms with van der Waals surface area (Å²) >= 11 is 0. The minimum Gasteiger partial charge on any atom is -0.275 e. The lowest BCUT2D eigenvalue weighted by Gasteiger charge is -2.25. The first-order chi connectivity index (χ1) is 7.63. The van der Waals surface area contributed by atoms with E-state index in [1.807, 2.05) is 5.01 Å². The first-order valence-electron chi connectivity index (χ1n) is 5.98. The van der Waals surface area contributed by atoms with Crippen LogP contribution in [0.2, 0.25) is 0 Å². The number of nitrogens with zero attached hydrogens (tertiary/aromatic N) is 2. The summed E-state index contributed by atoms with van der Waals surface area (Å²) in [7, 11) is 0. The summed E-state index contributed by atoms with van der Waals surface area (Å²) in [6.07, 6.45) is 0.806. The molecule has 3 nitrogen and oxygen atoms in total. The summed E-state index contributed by atoms with van der Waals surface area (Å²) in [6, 6.07) is 0. The van der Waals surface area contributed by atoms with Gasteiger partial charge >= 0.3 is 0 Å². The molecule has 0 N–H and O–H groups in total. The average molecular weight is 230 g/mol. The van der Waals surface area contributed by atoms with Crippen molar-refractivity contribution in [3.63, 3.8) is 0 Å². The number of fused-ring (bicyclic) bond motifs is 1. The Morgan fingerprint density at radius 2 is 2.12 bits per heavy atom. The number of rotatable bonds is 3. The van der Waals surface area contributed by atoms with Crippen molar-refractivity contribution >= 4 is 5.91 Å². The van der Waals surface area contributed by atoms with Gasteiger partial charge in [-0.1, -0.05) is 12.8 Å². The number of amides is 1. The molecule has 2 aliphatic heterocycles. The summed E-state index contributed by atoms with van der Waals surface area (Å²) in [4.78, 5) is 12.1. The van der Waals surface area contributed by atoms with E-state index in [4.69, 9.17) is 0 Å². The molecule has 0 aromatic rings. The minimum atomic E-state index is -2.52. The predicted octanol–water partition coefficient (Wildman–Crippen LogP) is 1.50. The summed E-state index contributed by atoms with van der Waals surface area (Å²) in [5.74, 6) is 0.0334. The van der Waals surface area contributed by atoms with E-state index in [9.17, 15) is 13.6 Å². The van der Waals surface area contributed by atoms with Crippen LogP contribution in [0.3, 0.4) is 0 Å². The van der Waals surface area contributed by atoms with Gasteiger partial charge in [-0.2, -0.15) is 0 Å². The van der Waals surface area contributed by atoms with Crippen LogP contribution >= 0.6 is 0 Å². The van der Waals surface area contributed by atoms with Gasteiger partial charge in [0.15, 0.2) is 0 Å². The number of carbonyl (C=O) groups excluding carboxylic acids is 1. The Morgan fingerprint density at radius 1 is 1.38 bits per heavy atom. The monoisotopic (exact) mass is 230 g/mol. The third kappa shape index (κ3) is 1.37. The summed E-state index contributed by atoms with van der Waals surface area (Å²) in [6.45, 7) is 1.61. The SMILES string of the molecule is O=C1N2CCCN2C[C@]1(CC1CC1)C(F)F. The van der Waals surface area contributed by atoms with Gasteiger partial charge in [0.1, 0.15) is 5.41 Å². The molecule has 2 heterocycles. The molecule has 0 aromatic carbocycles. The number of hydrazine groups is 1. The third-order valence-corrected chi connectivity index (χ3v) is 4.02. The minimum absolute atomic E-state index is 0.236. The quantitative estimate of drug-likeness (QED) is 0.733. The maximum absolute atomic E-state index is 13.3. The Kier molecular flexibility index (Phi) is 2.21. The molecular weight excluding hydrogens is 214 g/mol. The first-order valence-corrected chi connectivity index (χ1v) is 5.98. The molecule has 5 heteroatoms. The molecule has 3 rings (SSSR count). The standard InChI is InChI=1S/C11H16F2N2O/c12-9(13)11(6-8-2-3-8)7-14-4-1-5-15(14)10(11)16/h8-9H,1-7H2/t11-/m1/s1. The van der Waals surface area contributed by atoms with E-state index >= 15 is 0 Å². The van der Waals surface area contributed by atoms with Crippen LogP contribution in [0.1, 0.15) is 25.7 Å². The molecule has 0 aromatic heterocycles. The van der Waals surface area contributed by atoms with Crippen LogP contribution in [-0.2, 0) is 4.79 Å². The van der Waals surface area contributed by atoms with Crippen molar-refractivity contribution in [3.05, 3.63) is 0 Å². The summed E-state index contributed by atoms with van der Waals surface area (Å²) in [5, 5.41) is 3.37. The fraction of sp³-hybridized carbons (Fsp3) is 0.909. The molecule has 2 saturated heterocycles. The Balaban J connectivity index is 1.85. The van der Waals surface area contributed by atoms with E-state index in [0.29, 0.717) is 18.9 Å². The van der Waals surface area contributed by atoms with E-state index in [1.165, 1.54) is 0 Å². The number of hydrogen-bond acceptors (Lipinski definition) is 2. The molecule has 0 spiro atoms. The molecular formula is C11H16F2N2O. The van der Waals surface area contributed by atoms with Crippen molar-refractivity contribution in [3.8, 4) is 0 Å². The molecule has 16 heavy (non-hydrogen) atoms. The Morgan fingerprint density at radius 3 is 2.69 bits per heavy atom. The molecule has 3 aliphatic rings. The number of carbonyl (C=O) groups is 1. The highest BCUT2D eigenvalue weighted by Gasteiger charge is 2.59. The van der Waals surface area contributed by atoms with Gasteiger partial charge in [-0.05, 0) is 18.8 Å². The third-order valence-electron chi connectivity index (χ3n) is 4.02. The smallest absolute Gasteiger partial charge is 0.254 e. The highest BCUT2D eigenvalue weighted by Crippen LogP contribution is 2.48. The maximum Gasteiger partial charge on any atom is 0.254 e. The van der Waals surface area contributed by atoms with Gasteiger partial charge in [-0.3, -0.25) is 9.80 Å². The number of halogens is 2. The lowest BCUT2D eigenvalue weighted by molar-refractivity contribution is -0.146. The average Bonchev–Trinajstić information content (AvgIpc) is 2.84. The largest absolute Gasteiger partial charge is 0.275 e. The van der Waals surface area contributed by atoms with Crippen LogP contribution in [-0.4, -0.2) is 42.0 Å². The van der Waals surface area contributed by atoms with E-state index in [2.05, 4.69) is 0 Å². The molecule has 3 fully saturated rings. The first kappa shape index (κ1) is 10.4. The fourth-order valence-corrected chi connectivity index (χ4v) is 2.95. The fourth-order valence-electron chi connectivity index (χ4n) is 2.95. The molecule has 0 radical (unpaired) electrons. The van der Waals surface area contributed by atoms with Crippen molar-refractivity contribution in [2.24, 2.45) is 11.3 Å². The topological polar surface area (TPSA) is 23.6 Å². The number of alkyl halides is 2. The molecule has 0 bridgehead atoms. The van der Waals surface area contributed by atoms with E-state index < -0.39 is 11.8 Å². The molecule has 90 valence electrons. The van der Waals surface area contributed by atoms with Crippen molar-refractivity contribution in [1.82, 2.24) is 10.0 Å². The van der Waals surface area contributed by atoms with E-state index in [1.54, 1.807) is 5.01 Å². The van der Waals surface area contributed by atoms with E-state index in [0.717, 1.165) is 25.8 Å². The predicted molar refractivity (Wildman–Crippen MR) is 53.7 cm³/mol. The van der Waals surface area contributed by atoms with Crippen LogP contribution in [0.15, 0.2) is 0 Å². The maximum atomic E-state index is 13.3. The Hall–Kier alpha value is -0.710. The second kappa shape index (κ2) is 3.39. The van der Waals surface area contributed by atoms with Gasteiger partial charge in [0, 0.05) is 19.6 Å². The van der Waals surface area contributed by atoms with Gasteiger partial charge in [0.2, 0.25) is 5.91 Å². The van der Waals surface area contributed by atoms with Gasteiger partial charge in [0.25, 0.3) is 6.43 Å². The zero-order chi connectivity index (χ0) is 11.3. The van der Waals surface area contributed by atoms with Gasteiger partial charge < -0.3 is 0 Å². The van der Waals surface area contributed by atoms with Gasteiger partial charge in [0.05, 0.1) is 0 Å². The zero-order valence-electron chi connectivity index (χ0n) is 9.16. The Labute approximate surface area is 93.4 Å². The van der Waals surface area contributed by atoms with Crippen LogP contribution in [0.4, 0.5) is 8.78 Å². The van der Waals surface area contributed by atoms with Gasteiger partial charge in [-0.15, -0.1) is 0 Å². The Bertz CT molecular complexity index is 319. The second-order valence-corrected chi connectivity index (χ2v) is 5.27. The van der Waals surface area contributed by atoms with Crippen LogP contribution < -0.4 is 0 Å². The van der Waals surface area contributed by atoms with E-state index in [-0.39, 0.29) is 12.5 Å². The summed E-state index contributed by atoms with van der Waals surface area (Å²) < 4.78 is 26.5. The normalized spacial score (nSPS) is 35.2. The van der Waals surface area contributed by atoms with Crippen molar-refractivity contribution < 1.29 is 13.6 Å². The molecule has 1 amide bonds. The van der Waals surface area contributed by atoms with Crippen molar-refractivity contribution in [2.75, 3.05) is 19.6 Å². The molecule has 1 atom stereocenters. The lowest BCUT2D eigenvalue weighted by atomic mass is 9.82. The van der Waals surface area contributed by atoms with Crippen LogP contribution in [0.5, 0.6) is 0 Å². The lowest BCUT2D eigenvalue weighted by Crippen LogP contribution is -2.41.